The second-order valence-electron chi connectivity index (χ2n) is 7.10. The number of urea groups is 1. The monoisotopic (exact) mass is 370 g/mol. The molecule has 0 radical (unpaired) electrons. The maximum absolute atomic E-state index is 12.9. The molecule has 1 aliphatic carbocycles. The summed E-state index contributed by atoms with van der Waals surface area (Å²) in [6.45, 7) is 3.52. The summed E-state index contributed by atoms with van der Waals surface area (Å²) in [5.74, 6) is 1.49. The lowest BCUT2D eigenvalue weighted by molar-refractivity contribution is 0.0670. The van der Waals surface area contributed by atoms with E-state index >= 15 is 0 Å². The number of likely N-dealkylation sites (N-methyl/N-ethyl adjacent to an activating group) is 1. The first-order valence-corrected chi connectivity index (χ1v) is 9.60. The van der Waals surface area contributed by atoms with Gasteiger partial charge in [0.15, 0.2) is 17.6 Å². The Balaban J connectivity index is 1.39. The molecule has 2 aliphatic rings. The molecule has 2 atom stereocenters. The maximum atomic E-state index is 12.9. The topological polar surface area (TPSA) is 68.6 Å². The fourth-order valence-electron chi connectivity index (χ4n) is 3.85. The number of hydrogen-bond donors (Lipinski definition) is 1. The van der Waals surface area contributed by atoms with Gasteiger partial charge in [0.2, 0.25) is 0 Å². The summed E-state index contributed by atoms with van der Waals surface area (Å²) in [5, 5.41) is 7.54. The van der Waals surface area contributed by atoms with Gasteiger partial charge in [-0.15, -0.1) is 0 Å². The normalized spacial score (nSPS) is 20.7. The van der Waals surface area contributed by atoms with Crippen LogP contribution in [0.1, 0.15) is 37.1 Å². The van der Waals surface area contributed by atoms with Crippen LogP contribution in [0, 0.1) is 0 Å². The molecule has 0 saturated carbocycles. The summed E-state index contributed by atoms with van der Waals surface area (Å²) in [6.07, 6.45) is 4.72. The second kappa shape index (κ2) is 7.50. The molecule has 1 aromatic carbocycles. The van der Waals surface area contributed by atoms with Crippen molar-refractivity contribution in [3.05, 3.63) is 41.7 Å². The van der Waals surface area contributed by atoms with Gasteiger partial charge in [-0.05, 0) is 38.3 Å². The number of nitrogens with zero attached hydrogens (tertiary/aromatic N) is 3. The van der Waals surface area contributed by atoms with E-state index in [0.29, 0.717) is 19.7 Å². The average Bonchev–Trinajstić information content (AvgIpc) is 3.08. The standard InChI is InChI=1S/C20H26N4O3/c1-3-24(12-14-13-26-18-9-4-5-10-19(18)27-14)20(25)22-16-7-6-8-17-15(16)11-21-23(17)2/h4-5,9-11,14,16H,3,6-8,12-13H2,1-2H3,(H,22,25)/t14-,16+/m1/s1. The predicted octanol–water partition coefficient (Wildman–Crippen LogP) is 2.67. The number of ether oxygens (including phenoxy) is 2. The van der Waals surface area contributed by atoms with Gasteiger partial charge in [0.1, 0.15) is 6.61 Å². The third-order valence-corrected chi connectivity index (χ3v) is 5.33. The Kier molecular flexibility index (Phi) is 4.92. The van der Waals surface area contributed by atoms with E-state index in [4.69, 9.17) is 9.47 Å². The molecular formula is C20H26N4O3. The van der Waals surface area contributed by atoms with Crippen LogP contribution in [0.5, 0.6) is 11.5 Å². The Hall–Kier alpha value is -2.70. The number of fused-ring (bicyclic) bond motifs is 2. The zero-order valence-electron chi connectivity index (χ0n) is 15.9. The van der Waals surface area contributed by atoms with Crippen LogP contribution in [0.4, 0.5) is 4.79 Å². The highest BCUT2D eigenvalue weighted by atomic mass is 16.6. The summed E-state index contributed by atoms with van der Waals surface area (Å²) < 4.78 is 13.7. The van der Waals surface area contributed by atoms with E-state index in [0.717, 1.165) is 36.3 Å². The van der Waals surface area contributed by atoms with Crippen LogP contribution >= 0.6 is 0 Å². The molecule has 7 nitrogen and oxygen atoms in total. The van der Waals surface area contributed by atoms with Crippen molar-refractivity contribution in [2.75, 3.05) is 19.7 Å². The van der Waals surface area contributed by atoms with Gasteiger partial charge < -0.3 is 19.7 Å². The first kappa shape index (κ1) is 17.7. The fraction of sp³-hybridized carbons (Fsp3) is 0.500. The lowest BCUT2D eigenvalue weighted by atomic mass is 9.93. The van der Waals surface area contributed by atoms with Gasteiger partial charge in [-0.1, -0.05) is 12.1 Å². The highest BCUT2D eigenvalue weighted by molar-refractivity contribution is 5.74. The number of carbonyl (C=O) groups is 1. The van der Waals surface area contributed by atoms with E-state index in [1.165, 1.54) is 5.69 Å². The van der Waals surface area contributed by atoms with E-state index in [1.54, 1.807) is 4.90 Å². The lowest BCUT2D eigenvalue weighted by Crippen LogP contribution is -2.48. The molecule has 0 saturated heterocycles. The second-order valence-corrected chi connectivity index (χ2v) is 7.10. The van der Waals surface area contributed by atoms with Gasteiger partial charge in [0.05, 0.1) is 18.8 Å². The molecule has 2 aromatic rings. The van der Waals surface area contributed by atoms with Crippen molar-refractivity contribution in [3.8, 4) is 11.5 Å². The van der Waals surface area contributed by atoms with Crippen LogP contribution in [0.15, 0.2) is 30.5 Å². The molecule has 144 valence electrons. The molecule has 1 N–H and O–H groups in total. The molecule has 4 rings (SSSR count). The van der Waals surface area contributed by atoms with E-state index in [-0.39, 0.29) is 18.2 Å². The van der Waals surface area contributed by atoms with Crippen molar-refractivity contribution in [2.24, 2.45) is 7.05 Å². The Labute approximate surface area is 159 Å². The summed E-state index contributed by atoms with van der Waals surface area (Å²) in [4.78, 5) is 14.7. The molecule has 1 aliphatic heterocycles. The number of carbonyl (C=O) groups excluding carboxylic acids is 1. The molecule has 2 heterocycles. The molecule has 1 aromatic heterocycles. The number of benzene rings is 1. The Bertz CT molecular complexity index is 819. The largest absolute Gasteiger partial charge is 0.486 e. The minimum absolute atomic E-state index is 0.0215. The van der Waals surface area contributed by atoms with Gasteiger partial charge >= 0.3 is 6.03 Å². The summed E-state index contributed by atoms with van der Waals surface area (Å²) in [7, 11) is 1.96. The Morgan fingerprint density at radius 1 is 1.37 bits per heavy atom. The third kappa shape index (κ3) is 3.59. The van der Waals surface area contributed by atoms with Gasteiger partial charge in [-0.25, -0.2) is 4.79 Å². The zero-order chi connectivity index (χ0) is 18.8. The minimum Gasteiger partial charge on any atom is -0.486 e. The number of rotatable bonds is 4. The highest BCUT2D eigenvalue weighted by Gasteiger charge is 2.28. The van der Waals surface area contributed by atoms with Crippen LogP contribution in [-0.2, 0) is 13.5 Å². The summed E-state index contributed by atoms with van der Waals surface area (Å²) in [6, 6.07) is 7.58. The zero-order valence-corrected chi connectivity index (χ0v) is 15.9. The van der Waals surface area contributed by atoms with Crippen LogP contribution in [0.3, 0.4) is 0 Å². The molecule has 7 heteroatoms. The first-order valence-electron chi connectivity index (χ1n) is 9.60. The van der Waals surface area contributed by atoms with E-state index in [1.807, 2.05) is 49.1 Å². The van der Waals surface area contributed by atoms with Crippen molar-refractivity contribution >= 4 is 6.03 Å². The molecular weight excluding hydrogens is 344 g/mol. The molecule has 0 spiro atoms. The summed E-state index contributed by atoms with van der Waals surface area (Å²) >= 11 is 0. The number of hydrogen-bond acceptors (Lipinski definition) is 4. The van der Waals surface area contributed by atoms with Gasteiger partial charge in [0.25, 0.3) is 0 Å². The molecule has 2 amide bonds. The smallest absolute Gasteiger partial charge is 0.318 e. The number of nitrogens with one attached hydrogen (secondary N) is 1. The number of aromatic nitrogens is 2. The first-order chi connectivity index (χ1) is 13.2. The maximum Gasteiger partial charge on any atom is 0.318 e. The van der Waals surface area contributed by atoms with Crippen molar-refractivity contribution in [3.63, 3.8) is 0 Å². The SMILES string of the molecule is CCN(C[C@@H]1COc2ccccc2O1)C(=O)N[C@H]1CCCc2c1cnn2C. The average molecular weight is 370 g/mol. The Morgan fingerprint density at radius 2 is 2.19 bits per heavy atom. The van der Waals surface area contributed by atoms with Crippen molar-refractivity contribution < 1.29 is 14.3 Å². The highest BCUT2D eigenvalue weighted by Crippen LogP contribution is 2.31. The van der Waals surface area contributed by atoms with Crippen molar-refractivity contribution in [1.82, 2.24) is 20.0 Å². The van der Waals surface area contributed by atoms with E-state index < -0.39 is 0 Å². The predicted molar refractivity (Wildman–Crippen MR) is 101 cm³/mol. The van der Waals surface area contributed by atoms with Crippen LogP contribution in [0.25, 0.3) is 0 Å². The fourth-order valence-corrected chi connectivity index (χ4v) is 3.85. The van der Waals surface area contributed by atoms with Crippen LogP contribution in [0.2, 0.25) is 0 Å². The van der Waals surface area contributed by atoms with Crippen LogP contribution < -0.4 is 14.8 Å². The molecule has 0 bridgehead atoms. The summed E-state index contributed by atoms with van der Waals surface area (Å²) in [5.41, 5.74) is 2.36. The van der Waals surface area contributed by atoms with Crippen LogP contribution in [-0.4, -0.2) is 46.5 Å². The van der Waals surface area contributed by atoms with Gasteiger partial charge in [-0.2, -0.15) is 5.10 Å². The quantitative estimate of drug-likeness (QED) is 0.898. The number of amides is 2. The Morgan fingerprint density at radius 3 is 3.00 bits per heavy atom. The third-order valence-electron chi connectivity index (χ3n) is 5.33. The molecule has 0 fully saturated rings. The van der Waals surface area contributed by atoms with E-state index in [9.17, 15) is 4.79 Å². The van der Waals surface area contributed by atoms with E-state index in [2.05, 4.69) is 10.4 Å². The minimum atomic E-state index is -0.175. The van der Waals surface area contributed by atoms with Crippen molar-refractivity contribution in [2.45, 2.75) is 38.3 Å². The molecule has 0 unspecified atom stereocenters. The van der Waals surface area contributed by atoms with Gasteiger partial charge in [0, 0.05) is 24.8 Å². The number of aryl methyl sites for hydroxylation is 1. The molecule has 27 heavy (non-hydrogen) atoms. The lowest BCUT2D eigenvalue weighted by Gasteiger charge is -2.32. The number of para-hydroxylation sites is 2. The van der Waals surface area contributed by atoms with Crippen molar-refractivity contribution in [1.29, 1.82) is 0 Å². The van der Waals surface area contributed by atoms with Gasteiger partial charge in [-0.3, -0.25) is 4.68 Å².